The van der Waals surface area contributed by atoms with Crippen LogP contribution in [-0.4, -0.2) is 42.9 Å². The molecule has 122 valence electrons. The summed E-state index contributed by atoms with van der Waals surface area (Å²) < 4.78 is 10.1. The molecule has 0 fully saturated rings. The first-order valence-corrected chi connectivity index (χ1v) is 6.76. The van der Waals surface area contributed by atoms with Crippen molar-refractivity contribution in [3.63, 3.8) is 0 Å². The monoisotopic (exact) mass is 320 g/mol. The third-order valence-electron chi connectivity index (χ3n) is 2.99. The molecule has 0 spiro atoms. The van der Waals surface area contributed by atoms with Gasteiger partial charge in [0.05, 0.1) is 0 Å². The molecule has 1 rings (SSSR count). The molecule has 0 aliphatic rings. The Morgan fingerprint density at radius 2 is 2.05 bits per heavy atom. The summed E-state index contributed by atoms with van der Waals surface area (Å²) in [6.45, 7) is 6.02. The van der Waals surface area contributed by atoms with Gasteiger partial charge in [-0.15, -0.1) is 12.4 Å². The van der Waals surface area contributed by atoms with E-state index in [2.05, 4.69) is 20.8 Å². The molecule has 0 saturated carbocycles. The Kier molecular flexibility index (Phi) is 9.16. The maximum Gasteiger partial charge on any atom is 0.249 e. The maximum absolute atomic E-state index is 11.6. The highest BCUT2D eigenvalue weighted by Crippen LogP contribution is 2.20. The van der Waals surface area contributed by atoms with Crippen molar-refractivity contribution in [2.75, 3.05) is 20.8 Å². The molecular weight excluding hydrogens is 296 g/mol. The van der Waals surface area contributed by atoms with Gasteiger partial charge in [0, 0.05) is 19.6 Å². The van der Waals surface area contributed by atoms with Crippen LogP contribution in [0.3, 0.4) is 0 Å². The largest absolute Gasteiger partial charge is 0.375 e. The van der Waals surface area contributed by atoms with E-state index in [0.717, 1.165) is 0 Å². The lowest BCUT2D eigenvalue weighted by molar-refractivity contribution is -0.126. The first-order chi connectivity index (χ1) is 9.47. The second kappa shape index (κ2) is 9.70. The first-order valence-electron chi connectivity index (χ1n) is 6.76. The van der Waals surface area contributed by atoms with Crippen LogP contribution in [0.1, 0.15) is 38.5 Å². The number of carbonyl (C=O) groups excluding carboxylic acids is 1. The highest BCUT2D eigenvalue weighted by Gasteiger charge is 2.24. The summed E-state index contributed by atoms with van der Waals surface area (Å²) in [5, 5.41) is 9.91. The lowest BCUT2D eigenvalue weighted by Crippen LogP contribution is -2.34. The van der Waals surface area contributed by atoms with Crippen molar-refractivity contribution in [3.05, 3.63) is 11.7 Å². The fraction of sp³-hybridized carbons (Fsp3) is 0.769. The van der Waals surface area contributed by atoms with Crippen LogP contribution < -0.4 is 10.6 Å². The fourth-order valence-electron chi connectivity index (χ4n) is 1.71. The predicted octanol–water partition coefficient (Wildman–Crippen LogP) is 1.10. The number of nitrogens with zero attached hydrogens (tertiary/aromatic N) is 2. The summed E-state index contributed by atoms with van der Waals surface area (Å²) in [6, 6.07) is -0.0372. The van der Waals surface area contributed by atoms with Crippen LogP contribution in [0, 0.1) is 5.92 Å². The molecule has 1 unspecified atom stereocenters. The Labute approximate surface area is 131 Å². The van der Waals surface area contributed by atoms with Gasteiger partial charge in [0.25, 0.3) is 0 Å². The van der Waals surface area contributed by atoms with Crippen LogP contribution in [-0.2, 0) is 16.0 Å². The number of aromatic nitrogens is 2. The number of hydrogen-bond acceptors (Lipinski definition) is 6. The summed E-state index contributed by atoms with van der Waals surface area (Å²) >= 11 is 0. The molecule has 8 heteroatoms. The van der Waals surface area contributed by atoms with E-state index in [1.54, 1.807) is 0 Å². The van der Waals surface area contributed by atoms with Crippen molar-refractivity contribution in [1.29, 1.82) is 0 Å². The van der Waals surface area contributed by atoms with E-state index in [4.69, 9.17) is 9.26 Å². The summed E-state index contributed by atoms with van der Waals surface area (Å²) in [6.07, 6.45) is 0.677. The van der Waals surface area contributed by atoms with Crippen LogP contribution in [0.5, 0.6) is 0 Å². The number of rotatable bonds is 8. The predicted molar refractivity (Wildman–Crippen MR) is 81.4 cm³/mol. The number of likely N-dealkylation sites (N-methyl/N-ethyl adjacent to an activating group) is 1. The highest BCUT2D eigenvalue weighted by molar-refractivity contribution is 5.85. The van der Waals surface area contributed by atoms with Crippen LogP contribution in [0.2, 0.25) is 0 Å². The minimum absolute atomic E-state index is 0. The quantitative estimate of drug-likeness (QED) is 0.745. The minimum Gasteiger partial charge on any atom is -0.375 e. The zero-order valence-corrected chi connectivity index (χ0v) is 14.0. The van der Waals surface area contributed by atoms with Gasteiger partial charge in [-0.3, -0.25) is 4.79 Å². The molecule has 0 aliphatic carbocycles. The Morgan fingerprint density at radius 1 is 1.38 bits per heavy atom. The highest BCUT2D eigenvalue weighted by atomic mass is 35.5. The van der Waals surface area contributed by atoms with Crippen LogP contribution in [0.15, 0.2) is 4.52 Å². The van der Waals surface area contributed by atoms with E-state index in [1.165, 1.54) is 7.11 Å². The van der Waals surface area contributed by atoms with Gasteiger partial charge in [-0.05, 0) is 19.9 Å². The van der Waals surface area contributed by atoms with Crippen LogP contribution >= 0.6 is 12.4 Å². The molecule has 0 radical (unpaired) electrons. The molecule has 2 atom stereocenters. The average Bonchev–Trinajstić information content (AvgIpc) is 2.84. The van der Waals surface area contributed by atoms with Gasteiger partial charge >= 0.3 is 0 Å². The number of ether oxygens (including phenoxy) is 1. The molecule has 21 heavy (non-hydrogen) atoms. The molecule has 1 aromatic rings. The number of methoxy groups -OCH3 is 1. The SMILES string of the molecule is CNC(C)Cc1noc([C@@H](NC(=O)COC)C(C)C)n1.Cl. The second-order valence-corrected chi connectivity index (χ2v) is 5.16. The van der Waals surface area contributed by atoms with Crippen LogP contribution in [0.25, 0.3) is 0 Å². The topological polar surface area (TPSA) is 89.3 Å². The molecular formula is C13H25ClN4O3. The van der Waals surface area contributed by atoms with Gasteiger partial charge in [0.2, 0.25) is 11.8 Å². The molecule has 7 nitrogen and oxygen atoms in total. The maximum atomic E-state index is 11.6. The van der Waals surface area contributed by atoms with Crippen molar-refractivity contribution in [2.45, 2.75) is 39.3 Å². The van der Waals surface area contributed by atoms with Crippen LogP contribution in [0.4, 0.5) is 0 Å². The number of amides is 1. The van der Waals surface area contributed by atoms with E-state index in [-0.39, 0.29) is 42.9 Å². The van der Waals surface area contributed by atoms with Gasteiger partial charge in [-0.1, -0.05) is 19.0 Å². The summed E-state index contributed by atoms with van der Waals surface area (Å²) in [5.74, 6) is 1.01. The average molecular weight is 321 g/mol. The summed E-state index contributed by atoms with van der Waals surface area (Å²) in [7, 11) is 3.36. The Balaban J connectivity index is 0.00000400. The van der Waals surface area contributed by atoms with Crippen molar-refractivity contribution >= 4 is 18.3 Å². The second-order valence-electron chi connectivity index (χ2n) is 5.16. The number of carbonyl (C=O) groups is 1. The Bertz CT molecular complexity index is 425. The van der Waals surface area contributed by atoms with Crippen molar-refractivity contribution in [1.82, 2.24) is 20.8 Å². The van der Waals surface area contributed by atoms with E-state index < -0.39 is 0 Å². The number of nitrogens with one attached hydrogen (secondary N) is 2. The van der Waals surface area contributed by atoms with Crippen molar-refractivity contribution in [3.8, 4) is 0 Å². The molecule has 2 N–H and O–H groups in total. The summed E-state index contributed by atoms with van der Waals surface area (Å²) in [5.41, 5.74) is 0. The van der Waals surface area contributed by atoms with E-state index >= 15 is 0 Å². The molecule has 0 bridgehead atoms. The third-order valence-corrected chi connectivity index (χ3v) is 2.99. The van der Waals surface area contributed by atoms with Gasteiger partial charge in [0.15, 0.2) is 5.82 Å². The molecule has 1 heterocycles. The Hall–Kier alpha value is -1.18. The van der Waals surface area contributed by atoms with Crippen molar-refractivity contribution in [2.24, 2.45) is 5.92 Å². The zero-order chi connectivity index (χ0) is 15.1. The molecule has 1 amide bonds. The molecule has 0 aromatic carbocycles. The lowest BCUT2D eigenvalue weighted by atomic mass is 10.0. The zero-order valence-electron chi connectivity index (χ0n) is 13.2. The number of hydrogen-bond donors (Lipinski definition) is 2. The first kappa shape index (κ1) is 19.8. The van der Waals surface area contributed by atoms with E-state index in [9.17, 15) is 4.79 Å². The molecule has 1 aromatic heterocycles. The smallest absolute Gasteiger partial charge is 0.249 e. The lowest BCUT2D eigenvalue weighted by Gasteiger charge is -2.18. The van der Waals surface area contributed by atoms with Gasteiger partial charge in [-0.25, -0.2) is 0 Å². The van der Waals surface area contributed by atoms with Gasteiger partial charge < -0.3 is 19.9 Å². The van der Waals surface area contributed by atoms with Gasteiger partial charge in [-0.2, -0.15) is 4.98 Å². The Morgan fingerprint density at radius 3 is 2.57 bits per heavy atom. The molecule has 0 saturated heterocycles. The fourth-order valence-corrected chi connectivity index (χ4v) is 1.71. The standard InChI is InChI=1S/C13H24N4O3.ClH/c1-8(2)12(16-11(18)7-19-5)13-15-10(17-20-13)6-9(3)14-4;/h8-9,12,14H,6-7H2,1-5H3,(H,16,18);1H/t9?,12-;/m0./s1. The summed E-state index contributed by atoms with van der Waals surface area (Å²) in [4.78, 5) is 16.0. The van der Waals surface area contributed by atoms with Gasteiger partial charge in [0.1, 0.15) is 12.6 Å². The number of halogens is 1. The van der Waals surface area contributed by atoms with E-state index in [0.29, 0.717) is 18.1 Å². The molecule has 0 aliphatic heterocycles. The third kappa shape index (κ3) is 6.41. The van der Waals surface area contributed by atoms with E-state index in [1.807, 2.05) is 27.8 Å². The minimum atomic E-state index is -0.302. The normalized spacial score (nSPS) is 13.6. The van der Waals surface area contributed by atoms with Crippen molar-refractivity contribution < 1.29 is 14.1 Å².